The van der Waals surface area contributed by atoms with E-state index in [4.69, 9.17) is 11.6 Å². The van der Waals surface area contributed by atoms with Gasteiger partial charge in [-0.05, 0) is 25.5 Å². The number of rotatable bonds is 4. The summed E-state index contributed by atoms with van der Waals surface area (Å²) in [5.41, 5.74) is 0.925. The second-order valence-electron chi connectivity index (χ2n) is 3.72. The minimum absolute atomic E-state index is 0.0727. The van der Waals surface area contributed by atoms with Gasteiger partial charge in [-0.3, -0.25) is 4.79 Å². The number of aryl methyl sites for hydroxylation is 1. The first-order valence-corrected chi connectivity index (χ1v) is 5.75. The molecule has 0 aromatic heterocycles. The van der Waals surface area contributed by atoms with Crippen molar-refractivity contribution in [1.29, 1.82) is 0 Å². The summed E-state index contributed by atoms with van der Waals surface area (Å²) < 4.78 is 13.4. The number of nitrogens with one attached hydrogen (secondary N) is 1. The first kappa shape index (κ1) is 13.0. The molecule has 0 aliphatic rings. The Balaban J connectivity index is 2.83. The third kappa shape index (κ3) is 3.20. The molecule has 16 heavy (non-hydrogen) atoms. The Kier molecular flexibility index (Phi) is 4.74. The lowest BCUT2D eigenvalue weighted by Crippen LogP contribution is -2.36. The van der Waals surface area contributed by atoms with Crippen LogP contribution in [-0.2, 0) is 0 Å². The maximum Gasteiger partial charge on any atom is 0.254 e. The topological polar surface area (TPSA) is 29.1 Å². The Hall–Kier alpha value is -1.09. The van der Waals surface area contributed by atoms with E-state index in [2.05, 4.69) is 5.32 Å². The number of halogens is 2. The fourth-order valence-electron chi connectivity index (χ4n) is 1.33. The SMILES string of the molecule is CCC(CCl)NC(=O)c1cc(C)ccc1F. The van der Waals surface area contributed by atoms with E-state index in [0.717, 1.165) is 12.0 Å². The highest BCUT2D eigenvalue weighted by Crippen LogP contribution is 2.10. The summed E-state index contributed by atoms with van der Waals surface area (Å²) in [7, 11) is 0. The van der Waals surface area contributed by atoms with Gasteiger partial charge >= 0.3 is 0 Å². The second-order valence-corrected chi connectivity index (χ2v) is 4.02. The lowest BCUT2D eigenvalue weighted by molar-refractivity contribution is 0.0935. The van der Waals surface area contributed by atoms with E-state index in [1.165, 1.54) is 12.1 Å². The molecule has 1 aromatic rings. The van der Waals surface area contributed by atoms with Crippen molar-refractivity contribution >= 4 is 17.5 Å². The fraction of sp³-hybridized carbons (Fsp3) is 0.417. The summed E-state index contributed by atoms with van der Waals surface area (Å²) in [4.78, 5) is 11.7. The van der Waals surface area contributed by atoms with E-state index in [-0.39, 0.29) is 11.6 Å². The maximum atomic E-state index is 13.4. The van der Waals surface area contributed by atoms with Gasteiger partial charge in [-0.2, -0.15) is 0 Å². The normalized spacial score (nSPS) is 12.2. The largest absolute Gasteiger partial charge is 0.348 e. The molecule has 0 saturated carbocycles. The van der Waals surface area contributed by atoms with E-state index in [1.54, 1.807) is 6.07 Å². The molecule has 0 radical (unpaired) electrons. The van der Waals surface area contributed by atoms with Crippen LogP contribution >= 0.6 is 11.6 Å². The van der Waals surface area contributed by atoms with E-state index in [0.29, 0.717) is 5.88 Å². The first-order valence-electron chi connectivity index (χ1n) is 5.21. The van der Waals surface area contributed by atoms with E-state index in [9.17, 15) is 9.18 Å². The van der Waals surface area contributed by atoms with Gasteiger partial charge in [0.25, 0.3) is 5.91 Å². The monoisotopic (exact) mass is 243 g/mol. The van der Waals surface area contributed by atoms with Crippen molar-refractivity contribution in [2.75, 3.05) is 5.88 Å². The summed E-state index contributed by atoms with van der Waals surface area (Å²) in [5.74, 6) is -0.586. The molecule has 0 spiro atoms. The Morgan fingerprint density at radius 3 is 2.81 bits per heavy atom. The lowest BCUT2D eigenvalue weighted by Gasteiger charge is -2.14. The van der Waals surface area contributed by atoms with Crippen molar-refractivity contribution in [3.05, 3.63) is 35.1 Å². The van der Waals surface area contributed by atoms with Crippen LogP contribution in [0, 0.1) is 12.7 Å². The van der Waals surface area contributed by atoms with Gasteiger partial charge in [0.2, 0.25) is 0 Å². The third-order valence-electron chi connectivity index (χ3n) is 2.38. The van der Waals surface area contributed by atoms with Crippen molar-refractivity contribution in [3.8, 4) is 0 Å². The van der Waals surface area contributed by atoms with Crippen LogP contribution in [0.1, 0.15) is 29.3 Å². The molecule has 0 heterocycles. The van der Waals surface area contributed by atoms with Crippen LogP contribution < -0.4 is 5.32 Å². The van der Waals surface area contributed by atoms with Crippen molar-refractivity contribution in [2.45, 2.75) is 26.3 Å². The highest BCUT2D eigenvalue weighted by molar-refractivity contribution is 6.18. The number of hydrogen-bond donors (Lipinski definition) is 1. The molecule has 0 aliphatic heterocycles. The number of amides is 1. The average Bonchev–Trinajstić information content (AvgIpc) is 2.28. The van der Waals surface area contributed by atoms with Crippen molar-refractivity contribution in [1.82, 2.24) is 5.32 Å². The third-order valence-corrected chi connectivity index (χ3v) is 2.75. The number of hydrogen-bond acceptors (Lipinski definition) is 1. The summed E-state index contributed by atoms with van der Waals surface area (Å²) >= 11 is 5.66. The predicted octanol–water partition coefficient (Wildman–Crippen LogP) is 2.88. The first-order chi connectivity index (χ1) is 7.58. The zero-order valence-corrected chi connectivity index (χ0v) is 10.1. The van der Waals surface area contributed by atoms with Gasteiger partial charge in [0.05, 0.1) is 5.56 Å². The van der Waals surface area contributed by atoms with Gasteiger partial charge in [0, 0.05) is 11.9 Å². The van der Waals surface area contributed by atoms with Crippen LogP contribution in [0.5, 0.6) is 0 Å². The Morgan fingerprint density at radius 2 is 2.25 bits per heavy atom. The highest BCUT2D eigenvalue weighted by Gasteiger charge is 2.14. The standard InChI is InChI=1S/C12H15ClFNO/c1-3-9(7-13)15-12(16)10-6-8(2)4-5-11(10)14/h4-6,9H,3,7H2,1-2H3,(H,15,16). The zero-order chi connectivity index (χ0) is 12.1. The second kappa shape index (κ2) is 5.85. The van der Waals surface area contributed by atoms with E-state index >= 15 is 0 Å². The fourth-order valence-corrected chi connectivity index (χ4v) is 1.62. The maximum absolute atomic E-state index is 13.4. The Morgan fingerprint density at radius 1 is 1.56 bits per heavy atom. The molecule has 2 nitrogen and oxygen atoms in total. The van der Waals surface area contributed by atoms with Crippen molar-refractivity contribution in [2.24, 2.45) is 0 Å². The molecule has 1 rings (SSSR count). The molecule has 1 unspecified atom stereocenters. The van der Waals surface area contributed by atoms with Crippen LogP contribution in [0.3, 0.4) is 0 Å². The van der Waals surface area contributed by atoms with Crippen LogP contribution in [0.15, 0.2) is 18.2 Å². The van der Waals surface area contributed by atoms with Crippen LogP contribution in [0.25, 0.3) is 0 Å². The number of benzene rings is 1. The number of carbonyl (C=O) groups excluding carboxylic acids is 1. The van der Waals surface area contributed by atoms with E-state index < -0.39 is 11.7 Å². The van der Waals surface area contributed by atoms with Gasteiger partial charge in [0.15, 0.2) is 0 Å². The van der Waals surface area contributed by atoms with Gasteiger partial charge in [0.1, 0.15) is 5.82 Å². The van der Waals surface area contributed by atoms with Gasteiger partial charge in [-0.25, -0.2) is 4.39 Å². The molecule has 0 aliphatic carbocycles. The molecule has 0 bridgehead atoms. The summed E-state index contributed by atoms with van der Waals surface area (Å²) in [6.07, 6.45) is 0.725. The summed E-state index contributed by atoms with van der Waals surface area (Å²) in [6, 6.07) is 4.34. The van der Waals surface area contributed by atoms with Crippen LogP contribution in [0.2, 0.25) is 0 Å². The molecular formula is C12H15ClFNO. The number of alkyl halides is 1. The van der Waals surface area contributed by atoms with Crippen LogP contribution in [-0.4, -0.2) is 17.8 Å². The molecule has 0 fully saturated rings. The van der Waals surface area contributed by atoms with Gasteiger partial charge in [-0.15, -0.1) is 11.6 Å². The minimum atomic E-state index is -0.507. The highest BCUT2D eigenvalue weighted by atomic mass is 35.5. The molecule has 88 valence electrons. The zero-order valence-electron chi connectivity index (χ0n) is 9.39. The summed E-state index contributed by atoms with van der Waals surface area (Å²) in [6.45, 7) is 3.73. The predicted molar refractivity (Wildman–Crippen MR) is 63.4 cm³/mol. The smallest absolute Gasteiger partial charge is 0.254 e. The van der Waals surface area contributed by atoms with Crippen molar-refractivity contribution < 1.29 is 9.18 Å². The molecule has 1 amide bonds. The van der Waals surface area contributed by atoms with Gasteiger partial charge in [-0.1, -0.05) is 18.6 Å². The lowest BCUT2D eigenvalue weighted by atomic mass is 10.1. The summed E-state index contributed by atoms with van der Waals surface area (Å²) in [5, 5.41) is 2.69. The quantitative estimate of drug-likeness (QED) is 0.810. The molecular weight excluding hydrogens is 229 g/mol. The molecule has 1 N–H and O–H groups in total. The average molecular weight is 244 g/mol. The van der Waals surface area contributed by atoms with E-state index in [1.807, 2.05) is 13.8 Å². The van der Waals surface area contributed by atoms with Gasteiger partial charge < -0.3 is 5.32 Å². The number of carbonyl (C=O) groups is 1. The molecule has 1 aromatic carbocycles. The Labute approximate surface area is 99.8 Å². The Bertz CT molecular complexity index is 377. The molecule has 0 saturated heterocycles. The van der Waals surface area contributed by atoms with Crippen molar-refractivity contribution in [3.63, 3.8) is 0 Å². The minimum Gasteiger partial charge on any atom is -0.348 e. The van der Waals surface area contributed by atoms with Crippen LogP contribution in [0.4, 0.5) is 4.39 Å². The molecule has 4 heteroatoms. The molecule has 1 atom stereocenters.